The molecule has 0 aliphatic heterocycles. The van der Waals surface area contributed by atoms with E-state index in [1.54, 1.807) is 0 Å². The predicted molar refractivity (Wildman–Crippen MR) is 148 cm³/mol. The second kappa shape index (κ2) is 10.8. The number of allylic oxidation sites excluding steroid dienone is 1. The van der Waals surface area contributed by atoms with Crippen LogP contribution in [0.25, 0.3) is 16.7 Å². The molecule has 3 atom stereocenters. The molecule has 2 aromatic heterocycles. The van der Waals surface area contributed by atoms with Gasteiger partial charge in [0.2, 0.25) is 5.71 Å². The van der Waals surface area contributed by atoms with Crippen molar-refractivity contribution in [2.75, 3.05) is 20.1 Å². The van der Waals surface area contributed by atoms with Crippen LogP contribution >= 0.6 is 0 Å². The summed E-state index contributed by atoms with van der Waals surface area (Å²) in [6.07, 6.45) is 10.5. The summed E-state index contributed by atoms with van der Waals surface area (Å²) in [6, 6.07) is 15.0. The maximum absolute atomic E-state index is 12.8. The van der Waals surface area contributed by atoms with Gasteiger partial charge in [-0.3, -0.25) is 4.79 Å². The molecule has 3 unspecified atom stereocenters. The lowest BCUT2D eigenvalue weighted by Crippen LogP contribution is -2.51. The zero-order valence-corrected chi connectivity index (χ0v) is 22.7. The van der Waals surface area contributed by atoms with E-state index < -0.39 is 5.60 Å². The molecule has 0 saturated heterocycles. The fourth-order valence-electron chi connectivity index (χ4n) is 6.19. The monoisotopic (exact) mass is 500 g/mol. The number of furan rings is 1. The van der Waals surface area contributed by atoms with E-state index >= 15 is 0 Å². The highest BCUT2D eigenvalue weighted by molar-refractivity contribution is 5.75. The number of aromatic nitrogens is 1. The molecular formula is C32H40N2O3. The van der Waals surface area contributed by atoms with Gasteiger partial charge in [-0.25, -0.2) is 4.98 Å². The number of hydrogen-bond acceptors (Lipinski definition) is 5. The van der Waals surface area contributed by atoms with Crippen molar-refractivity contribution in [2.24, 2.45) is 17.8 Å². The summed E-state index contributed by atoms with van der Waals surface area (Å²) in [6.45, 7) is 7.74. The molecule has 196 valence electrons. The molecule has 2 bridgehead atoms. The van der Waals surface area contributed by atoms with Gasteiger partial charge in [0.1, 0.15) is 11.4 Å². The van der Waals surface area contributed by atoms with Gasteiger partial charge < -0.3 is 14.1 Å². The van der Waals surface area contributed by atoms with E-state index in [0.29, 0.717) is 11.6 Å². The lowest BCUT2D eigenvalue weighted by Gasteiger charge is -2.50. The van der Waals surface area contributed by atoms with Crippen LogP contribution in [-0.4, -0.2) is 41.6 Å². The lowest BCUT2D eigenvalue weighted by molar-refractivity contribution is -0.176. The van der Waals surface area contributed by atoms with Crippen LogP contribution in [0.4, 0.5) is 0 Å². The normalized spacial score (nSPS) is 23.1. The van der Waals surface area contributed by atoms with Crippen LogP contribution in [0.3, 0.4) is 0 Å². The topological polar surface area (TPSA) is 55.6 Å². The zero-order valence-electron chi connectivity index (χ0n) is 22.7. The summed E-state index contributed by atoms with van der Waals surface area (Å²) in [7, 11) is 2.19. The van der Waals surface area contributed by atoms with Crippen LogP contribution in [0, 0.1) is 24.7 Å². The first-order valence-electron chi connectivity index (χ1n) is 13.9. The molecule has 5 heteroatoms. The minimum absolute atomic E-state index is 0.0674. The van der Waals surface area contributed by atoms with E-state index in [1.165, 1.54) is 23.1 Å². The Morgan fingerprint density at radius 3 is 2.73 bits per heavy atom. The summed E-state index contributed by atoms with van der Waals surface area (Å²) >= 11 is 0. The third-order valence-electron chi connectivity index (χ3n) is 8.27. The van der Waals surface area contributed by atoms with E-state index in [-0.39, 0.29) is 17.8 Å². The molecule has 1 fully saturated rings. The molecule has 6 rings (SSSR count). The number of benzene rings is 1. The molecule has 3 aromatic rings. The number of carbonyl (C=O) groups is 1. The number of nitrogens with zero attached hydrogens (tertiary/aromatic N) is 2. The number of ether oxygens (including phenoxy) is 1. The highest BCUT2D eigenvalue weighted by atomic mass is 16.6. The molecule has 5 nitrogen and oxygen atoms in total. The smallest absolute Gasteiger partial charge is 0.308 e. The van der Waals surface area contributed by atoms with Gasteiger partial charge >= 0.3 is 5.97 Å². The Morgan fingerprint density at radius 2 is 2.00 bits per heavy atom. The Balaban J connectivity index is 1.23. The van der Waals surface area contributed by atoms with Crippen molar-refractivity contribution >= 4 is 22.6 Å². The minimum Gasteiger partial charge on any atom is -0.458 e. The fraction of sp³-hybridized carbons (Fsp3) is 0.500. The van der Waals surface area contributed by atoms with E-state index in [1.807, 2.05) is 33.0 Å². The predicted octanol–water partition coefficient (Wildman–Crippen LogP) is 6.84. The molecule has 3 aliphatic carbocycles. The van der Waals surface area contributed by atoms with Gasteiger partial charge in [-0.05, 0) is 87.4 Å². The zero-order chi connectivity index (χ0) is 26.0. The van der Waals surface area contributed by atoms with Crippen molar-refractivity contribution in [2.45, 2.75) is 64.9 Å². The van der Waals surface area contributed by atoms with E-state index in [0.717, 1.165) is 56.3 Å². The highest BCUT2D eigenvalue weighted by Crippen LogP contribution is 2.53. The van der Waals surface area contributed by atoms with Gasteiger partial charge in [0.25, 0.3) is 0 Å². The van der Waals surface area contributed by atoms with Gasteiger partial charge in [-0.2, -0.15) is 0 Å². The van der Waals surface area contributed by atoms with Gasteiger partial charge in [0, 0.05) is 30.5 Å². The van der Waals surface area contributed by atoms with Crippen molar-refractivity contribution in [3.63, 3.8) is 0 Å². The standard InChI is InChI=1S/C32H40N2O3/c1-22(2)31(35)37-32(20-26-12-13-28(32)19-29(26)25-10-6-5-7-11-25)14-16-34(4)15-8-9-24-18-27-17-23(3)36-30(27)33-21-24/h5-7,10-11,17-19,21-22,26,28H,8-9,12-16,20H2,1-4H3. The van der Waals surface area contributed by atoms with Crippen molar-refractivity contribution in [1.29, 1.82) is 0 Å². The minimum atomic E-state index is -0.398. The average Bonchev–Trinajstić information content (AvgIpc) is 3.27. The van der Waals surface area contributed by atoms with Crippen LogP contribution in [0.1, 0.15) is 62.8 Å². The Hall–Kier alpha value is -2.92. The largest absolute Gasteiger partial charge is 0.458 e. The van der Waals surface area contributed by atoms with Crippen LogP contribution in [0.15, 0.2) is 59.2 Å². The third kappa shape index (κ3) is 5.67. The first kappa shape index (κ1) is 25.7. The van der Waals surface area contributed by atoms with Crippen molar-refractivity contribution in [3.8, 4) is 0 Å². The summed E-state index contributed by atoms with van der Waals surface area (Å²) < 4.78 is 12.0. The van der Waals surface area contributed by atoms with Crippen LogP contribution in [-0.2, 0) is 16.0 Å². The lowest BCUT2D eigenvalue weighted by atomic mass is 9.60. The number of rotatable bonds is 10. The number of esters is 1. The number of aryl methyl sites for hydroxylation is 2. The molecule has 1 saturated carbocycles. The molecule has 0 amide bonds. The highest BCUT2D eigenvalue weighted by Gasteiger charge is 2.50. The Labute approximate surface area is 220 Å². The van der Waals surface area contributed by atoms with Crippen LogP contribution in [0.2, 0.25) is 0 Å². The Kier molecular flexibility index (Phi) is 7.52. The molecule has 3 aliphatic rings. The van der Waals surface area contributed by atoms with E-state index in [4.69, 9.17) is 9.15 Å². The van der Waals surface area contributed by atoms with Gasteiger partial charge in [-0.1, -0.05) is 50.3 Å². The molecule has 2 heterocycles. The number of fused-ring (bicyclic) bond motifs is 3. The number of hydrogen-bond donors (Lipinski definition) is 0. The summed E-state index contributed by atoms with van der Waals surface area (Å²) in [5.41, 5.74) is 4.32. The molecular weight excluding hydrogens is 460 g/mol. The maximum Gasteiger partial charge on any atom is 0.308 e. The van der Waals surface area contributed by atoms with Crippen molar-refractivity contribution in [1.82, 2.24) is 9.88 Å². The fourth-order valence-corrected chi connectivity index (χ4v) is 6.19. The Bertz CT molecular complexity index is 1260. The van der Waals surface area contributed by atoms with Crippen molar-refractivity contribution < 1.29 is 13.9 Å². The van der Waals surface area contributed by atoms with E-state index in [9.17, 15) is 4.79 Å². The molecule has 0 spiro atoms. The summed E-state index contributed by atoms with van der Waals surface area (Å²) in [5, 5.41) is 1.08. The second-order valence-electron chi connectivity index (χ2n) is 11.5. The third-order valence-corrected chi connectivity index (χ3v) is 8.27. The van der Waals surface area contributed by atoms with Crippen molar-refractivity contribution in [3.05, 3.63) is 71.6 Å². The van der Waals surface area contributed by atoms with Gasteiger partial charge in [0.05, 0.1) is 5.92 Å². The van der Waals surface area contributed by atoms with Crippen LogP contribution < -0.4 is 0 Å². The first-order valence-corrected chi connectivity index (χ1v) is 13.9. The molecule has 0 N–H and O–H groups in total. The first-order chi connectivity index (χ1) is 17.8. The summed E-state index contributed by atoms with van der Waals surface area (Å²) in [5.74, 6) is 1.44. The SMILES string of the molecule is Cc1cc2cc(CCCN(C)CCC3(OC(=O)C(C)C)CC4CCC3C=C4c3ccccc3)cnc2o1. The quantitative estimate of drug-likeness (QED) is 0.285. The Morgan fingerprint density at radius 1 is 1.19 bits per heavy atom. The summed E-state index contributed by atoms with van der Waals surface area (Å²) in [4.78, 5) is 19.7. The molecule has 37 heavy (non-hydrogen) atoms. The molecule has 0 radical (unpaired) electrons. The number of carbonyl (C=O) groups excluding carboxylic acids is 1. The van der Waals surface area contributed by atoms with Crippen LogP contribution in [0.5, 0.6) is 0 Å². The van der Waals surface area contributed by atoms with Gasteiger partial charge in [-0.15, -0.1) is 0 Å². The molecule has 1 aromatic carbocycles. The average molecular weight is 501 g/mol. The number of pyridine rings is 1. The van der Waals surface area contributed by atoms with Gasteiger partial charge in [0.15, 0.2) is 0 Å². The maximum atomic E-state index is 12.8. The van der Waals surface area contributed by atoms with E-state index in [2.05, 4.69) is 59.4 Å². The second-order valence-corrected chi connectivity index (χ2v) is 11.5.